The molecule has 0 aliphatic carbocycles. The molecule has 0 spiro atoms. The number of fused-ring (bicyclic) bond motifs is 1. The van der Waals surface area contributed by atoms with Crippen LogP contribution in [0.15, 0.2) is 0 Å². The zero-order valence-electron chi connectivity index (χ0n) is 11.9. The maximum Gasteiger partial charge on any atom is 0.237 e. The second kappa shape index (κ2) is 6.14. The van der Waals surface area contributed by atoms with Crippen LogP contribution in [0.1, 0.15) is 45.3 Å². The second-order valence-corrected chi connectivity index (χ2v) is 5.41. The molecule has 0 saturated heterocycles. The highest BCUT2D eigenvalue weighted by Crippen LogP contribution is 2.13. The molecule has 0 bridgehead atoms. The Morgan fingerprint density at radius 1 is 1.32 bits per heavy atom. The lowest BCUT2D eigenvalue weighted by Gasteiger charge is -2.17. The van der Waals surface area contributed by atoms with Crippen LogP contribution in [-0.4, -0.2) is 32.8 Å². The molecule has 0 radical (unpaired) electrons. The molecule has 1 unspecified atom stereocenters. The van der Waals surface area contributed by atoms with Crippen LogP contribution in [-0.2, 0) is 24.3 Å². The predicted octanol–water partition coefficient (Wildman–Crippen LogP) is 0.617. The predicted molar refractivity (Wildman–Crippen MR) is 72.5 cm³/mol. The van der Waals surface area contributed by atoms with Gasteiger partial charge in [-0.2, -0.15) is 0 Å². The Labute approximate surface area is 114 Å². The fraction of sp³-hybridized carbons (Fsp3) is 0.769. The van der Waals surface area contributed by atoms with Gasteiger partial charge in [-0.05, 0) is 33.6 Å². The number of amides is 1. The Kier molecular flexibility index (Phi) is 4.52. The maximum absolute atomic E-state index is 11.8. The van der Waals surface area contributed by atoms with E-state index in [0.29, 0.717) is 6.54 Å². The third kappa shape index (κ3) is 3.53. The molecular formula is C13H23N5O. The number of hydrogen-bond donors (Lipinski definition) is 2. The van der Waals surface area contributed by atoms with Crippen molar-refractivity contribution in [3.63, 3.8) is 0 Å². The highest BCUT2D eigenvalue weighted by molar-refractivity contribution is 5.81. The van der Waals surface area contributed by atoms with Crippen LogP contribution in [0.2, 0.25) is 0 Å². The summed E-state index contributed by atoms with van der Waals surface area (Å²) >= 11 is 0. The summed E-state index contributed by atoms with van der Waals surface area (Å²) in [7, 11) is 0. The second-order valence-electron chi connectivity index (χ2n) is 5.41. The van der Waals surface area contributed by atoms with Crippen molar-refractivity contribution in [2.75, 3.05) is 0 Å². The molecule has 1 atom stereocenters. The summed E-state index contributed by atoms with van der Waals surface area (Å²) in [6.07, 6.45) is 3.39. The molecule has 1 aliphatic rings. The molecule has 6 heteroatoms. The highest BCUT2D eigenvalue weighted by Gasteiger charge is 2.18. The molecular weight excluding hydrogens is 242 g/mol. The third-order valence-electron chi connectivity index (χ3n) is 3.33. The van der Waals surface area contributed by atoms with Crippen molar-refractivity contribution < 1.29 is 4.79 Å². The number of aromatic nitrogens is 3. The average Bonchev–Trinajstić information content (AvgIpc) is 2.78. The number of hydrogen-bond acceptors (Lipinski definition) is 4. The molecule has 2 rings (SSSR count). The molecule has 0 saturated carbocycles. The summed E-state index contributed by atoms with van der Waals surface area (Å²) in [5.74, 6) is 2.02. The molecule has 1 amide bonds. The van der Waals surface area contributed by atoms with Crippen LogP contribution in [0.4, 0.5) is 0 Å². The van der Waals surface area contributed by atoms with Gasteiger partial charge in [0.1, 0.15) is 11.6 Å². The normalized spacial score (nSPS) is 16.2. The van der Waals surface area contributed by atoms with Crippen molar-refractivity contribution >= 4 is 5.91 Å². The third-order valence-corrected chi connectivity index (χ3v) is 3.33. The van der Waals surface area contributed by atoms with Crippen LogP contribution < -0.4 is 10.6 Å². The average molecular weight is 265 g/mol. The van der Waals surface area contributed by atoms with Crippen molar-refractivity contribution in [1.82, 2.24) is 25.4 Å². The summed E-state index contributed by atoms with van der Waals surface area (Å²) in [6.45, 7) is 7.36. The molecule has 1 aliphatic heterocycles. The first kappa shape index (κ1) is 14.0. The molecule has 19 heavy (non-hydrogen) atoms. The van der Waals surface area contributed by atoms with E-state index < -0.39 is 0 Å². The molecule has 0 aromatic carbocycles. The van der Waals surface area contributed by atoms with Crippen LogP contribution in [0, 0.1) is 0 Å². The largest absolute Gasteiger partial charge is 0.353 e. The Morgan fingerprint density at radius 3 is 2.84 bits per heavy atom. The highest BCUT2D eigenvalue weighted by atomic mass is 16.2. The van der Waals surface area contributed by atoms with Gasteiger partial charge in [-0.25, -0.2) is 0 Å². The fourth-order valence-corrected chi connectivity index (χ4v) is 2.25. The summed E-state index contributed by atoms with van der Waals surface area (Å²) in [5, 5.41) is 14.5. The smallest absolute Gasteiger partial charge is 0.237 e. The molecule has 2 heterocycles. The van der Waals surface area contributed by atoms with Crippen molar-refractivity contribution in [3.8, 4) is 0 Å². The minimum atomic E-state index is -0.223. The number of carbonyl (C=O) groups is 1. The Morgan fingerprint density at radius 2 is 2.11 bits per heavy atom. The van der Waals surface area contributed by atoms with E-state index in [2.05, 4.69) is 25.4 Å². The van der Waals surface area contributed by atoms with Crippen LogP contribution in [0.5, 0.6) is 0 Å². The summed E-state index contributed by atoms with van der Waals surface area (Å²) in [4.78, 5) is 11.8. The topological polar surface area (TPSA) is 71.8 Å². The fourth-order valence-electron chi connectivity index (χ4n) is 2.25. The Hall–Kier alpha value is -1.43. The molecule has 6 nitrogen and oxygen atoms in total. The van der Waals surface area contributed by atoms with E-state index in [9.17, 15) is 4.79 Å². The van der Waals surface area contributed by atoms with Crippen molar-refractivity contribution in [2.45, 2.75) is 65.2 Å². The Balaban J connectivity index is 1.88. The lowest BCUT2D eigenvalue weighted by Crippen LogP contribution is -2.44. The lowest BCUT2D eigenvalue weighted by atomic mass is 10.1. The van der Waals surface area contributed by atoms with Crippen LogP contribution in [0.25, 0.3) is 0 Å². The molecule has 1 aromatic rings. The first-order valence-corrected chi connectivity index (χ1v) is 7.02. The minimum absolute atomic E-state index is 0.0217. The van der Waals surface area contributed by atoms with Gasteiger partial charge in [0.15, 0.2) is 0 Å². The van der Waals surface area contributed by atoms with Crippen molar-refractivity contribution in [3.05, 3.63) is 11.6 Å². The van der Waals surface area contributed by atoms with E-state index in [-0.39, 0.29) is 18.0 Å². The van der Waals surface area contributed by atoms with Crippen molar-refractivity contribution in [1.29, 1.82) is 0 Å². The van der Waals surface area contributed by atoms with Gasteiger partial charge in [-0.1, -0.05) is 0 Å². The number of rotatable bonds is 5. The molecule has 2 N–H and O–H groups in total. The van der Waals surface area contributed by atoms with E-state index in [1.54, 1.807) is 0 Å². The number of nitrogens with one attached hydrogen (secondary N) is 2. The van der Waals surface area contributed by atoms with Crippen molar-refractivity contribution in [2.24, 2.45) is 0 Å². The van der Waals surface area contributed by atoms with Gasteiger partial charge in [0, 0.05) is 19.0 Å². The van der Waals surface area contributed by atoms with E-state index in [1.807, 2.05) is 20.8 Å². The number of aryl methyl sites for hydroxylation is 1. The van der Waals surface area contributed by atoms with E-state index in [0.717, 1.165) is 24.6 Å². The summed E-state index contributed by atoms with van der Waals surface area (Å²) < 4.78 is 2.17. The first-order valence-electron chi connectivity index (χ1n) is 7.02. The summed E-state index contributed by atoms with van der Waals surface area (Å²) in [5.41, 5.74) is 0. The minimum Gasteiger partial charge on any atom is -0.353 e. The van der Waals surface area contributed by atoms with Crippen LogP contribution in [0.3, 0.4) is 0 Å². The SMILES string of the molecule is CC(C)NC(=O)C(C)NCc1nnc2n1CCCC2. The molecule has 106 valence electrons. The van der Waals surface area contributed by atoms with Gasteiger partial charge in [0.2, 0.25) is 5.91 Å². The lowest BCUT2D eigenvalue weighted by molar-refractivity contribution is -0.123. The number of nitrogens with zero attached hydrogens (tertiary/aromatic N) is 3. The zero-order chi connectivity index (χ0) is 13.8. The molecule has 0 fully saturated rings. The monoisotopic (exact) mass is 265 g/mol. The standard InChI is InChI=1S/C13H23N5O/c1-9(2)15-13(19)10(3)14-8-12-17-16-11-6-4-5-7-18(11)12/h9-10,14H,4-8H2,1-3H3,(H,15,19). The first-order chi connectivity index (χ1) is 9.08. The van der Waals surface area contributed by atoms with Gasteiger partial charge < -0.3 is 9.88 Å². The van der Waals surface area contributed by atoms with E-state index in [4.69, 9.17) is 0 Å². The molecule has 1 aromatic heterocycles. The van der Waals surface area contributed by atoms with E-state index in [1.165, 1.54) is 12.8 Å². The van der Waals surface area contributed by atoms with Gasteiger partial charge in [-0.3, -0.25) is 10.1 Å². The zero-order valence-corrected chi connectivity index (χ0v) is 11.9. The van der Waals surface area contributed by atoms with Crippen LogP contribution >= 0.6 is 0 Å². The van der Waals surface area contributed by atoms with Gasteiger partial charge >= 0.3 is 0 Å². The van der Waals surface area contributed by atoms with E-state index >= 15 is 0 Å². The maximum atomic E-state index is 11.8. The summed E-state index contributed by atoms with van der Waals surface area (Å²) in [6, 6.07) is -0.0588. The van der Waals surface area contributed by atoms with Gasteiger partial charge in [0.05, 0.1) is 12.6 Å². The Bertz CT molecular complexity index is 440. The van der Waals surface area contributed by atoms with Gasteiger partial charge in [0.25, 0.3) is 0 Å². The number of carbonyl (C=O) groups excluding carboxylic acids is 1. The van der Waals surface area contributed by atoms with Gasteiger partial charge in [-0.15, -0.1) is 10.2 Å². The quantitative estimate of drug-likeness (QED) is 0.818.